The quantitative estimate of drug-likeness (QED) is 0.102. The molecule has 0 aromatic carbocycles. The van der Waals surface area contributed by atoms with Crippen molar-refractivity contribution in [2.45, 2.75) is 65.3 Å². The number of nitrogens with one attached hydrogen (secondary N) is 3. The first-order valence-electron chi connectivity index (χ1n) is 12.7. The van der Waals surface area contributed by atoms with Crippen molar-refractivity contribution < 1.29 is 9.94 Å². The Bertz CT molecular complexity index is 785. The number of hydroxylamine groups is 1. The van der Waals surface area contributed by atoms with E-state index in [-0.39, 0.29) is 5.76 Å². The van der Waals surface area contributed by atoms with Crippen LogP contribution in [0.5, 0.6) is 0 Å². The van der Waals surface area contributed by atoms with Gasteiger partial charge in [-0.15, -0.1) is 0 Å². The number of aliphatic hydroxyl groups excluding tert-OH is 1. The maximum atomic E-state index is 10.2. The van der Waals surface area contributed by atoms with E-state index in [4.69, 9.17) is 9.83 Å². The second kappa shape index (κ2) is 15.4. The zero-order chi connectivity index (χ0) is 24.8. The van der Waals surface area contributed by atoms with Crippen molar-refractivity contribution >= 4 is 5.84 Å². The van der Waals surface area contributed by atoms with Gasteiger partial charge < -0.3 is 20.6 Å². The minimum Gasteiger partial charge on any atom is -0.508 e. The predicted molar refractivity (Wildman–Crippen MR) is 142 cm³/mol. The van der Waals surface area contributed by atoms with Crippen LogP contribution in [0.3, 0.4) is 0 Å². The standard InChI is InChI=1S/C27H45N5O2/c1-6-11-25(33)22(8-3)20-28-26(12-7-2)30-27(24(9-4)31-34-5)29-19-21-13-15-23(16-14-21)32-17-10-18-32/h6,8-9,11-12,21,23,28,31,33H,1,7,10,13-20H2,2-5H3,(H,29,30)/b22-8-,24-9+,25-11+,26-12-. The molecule has 2 fully saturated rings. The van der Waals surface area contributed by atoms with Crippen molar-refractivity contribution in [3.8, 4) is 0 Å². The highest BCUT2D eigenvalue weighted by atomic mass is 16.6. The monoisotopic (exact) mass is 471 g/mol. The highest BCUT2D eigenvalue weighted by Gasteiger charge is 2.28. The minimum atomic E-state index is 0.207. The molecule has 0 bridgehead atoms. The summed E-state index contributed by atoms with van der Waals surface area (Å²) in [5.41, 5.74) is 4.54. The Balaban J connectivity index is 2.06. The number of nitrogens with zero attached hydrogens (tertiary/aromatic N) is 2. The van der Waals surface area contributed by atoms with Gasteiger partial charge >= 0.3 is 0 Å². The predicted octanol–water partition coefficient (Wildman–Crippen LogP) is 4.71. The Morgan fingerprint density at radius 3 is 2.44 bits per heavy atom. The van der Waals surface area contributed by atoms with Crippen molar-refractivity contribution in [3.05, 3.63) is 59.8 Å². The molecule has 34 heavy (non-hydrogen) atoms. The van der Waals surface area contributed by atoms with Crippen LogP contribution in [0.2, 0.25) is 0 Å². The number of likely N-dealkylation sites (tertiary alicyclic amines) is 1. The van der Waals surface area contributed by atoms with Gasteiger partial charge in [0.2, 0.25) is 0 Å². The lowest BCUT2D eigenvalue weighted by atomic mass is 9.84. The Morgan fingerprint density at radius 2 is 1.91 bits per heavy atom. The molecule has 0 aromatic heterocycles. The molecule has 0 aromatic rings. The lowest BCUT2D eigenvalue weighted by molar-refractivity contribution is 0.0800. The van der Waals surface area contributed by atoms with Crippen LogP contribution in [0, 0.1) is 5.92 Å². The lowest BCUT2D eigenvalue weighted by Crippen LogP contribution is -2.46. The summed E-state index contributed by atoms with van der Waals surface area (Å²) in [5, 5.41) is 17.1. The molecule has 7 nitrogen and oxygen atoms in total. The number of rotatable bonds is 13. The van der Waals surface area contributed by atoms with E-state index in [1.165, 1.54) is 45.2 Å². The van der Waals surface area contributed by atoms with Gasteiger partial charge in [0.25, 0.3) is 0 Å². The summed E-state index contributed by atoms with van der Waals surface area (Å²) in [6, 6.07) is 0.781. The molecule has 1 heterocycles. The van der Waals surface area contributed by atoms with Gasteiger partial charge in [-0.05, 0) is 83.5 Å². The maximum absolute atomic E-state index is 10.2. The molecule has 0 spiro atoms. The first kappa shape index (κ1) is 27.7. The van der Waals surface area contributed by atoms with Crippen LogP contribution in [0.1, 0.15) is 59.3 Å². The van der Waals surface area contributed by atoms with E-state index in [2.05, 4.69) is 40.6 Å². The normalized spacial score (nSPS) is 23.4. The van der Waals surface area contributed by atoms with Crippen LogP contribution in [-0.4, -0.2) is 55.2 Å². The number of aliphatic hydroxyl groups is 1. The van der Waals surface area contributed by atoms with Crippen molar-refractivity contribution in [1.82, 2.24) is 21.0 Å². The average Bonchev–Trinajstić information content (AvgIpc) is 2.80. The molecule has 0 atom stereocenters. The summed E-state index contributed by atoms with van der Waals surface area (Å²) >= 11 is 0. The number of allylic oxidation sites excluding steroid dienone is 5. The fourth-order valence-corrected chi connectivity index (χ4v) is 4.41. The van der Waals surface area contributed by atoms with E-state index in [9.17, 15) is 5.11 Å². The van der Waals surface area contributed by atoms with Crippen molar-refractivity contribution in [3.63, 3.8) is 0 Å². The van der Waals surface area contributed by atoms with Gasteiger partial charge in [0, 0.05) is 24.7 Å². The van der Waals surface area contributed by atoms with Gasteiger partial charge in [0.05, 0.1) is 12.8 Å². The number of hydrogen-bond acceptors (Lipinski definition) is 6. The topological polar surface area (TPSA) is 81.2 Å². The molecule has 1 saturated heterocycles. The van der Waals surface area contributed by atoms with Gasteiger partial charge in [-0.2, -0.15) is 0 Å². The van der Waals surface area contributed by atoms with Crippen LogP contribution >= 0.6 is 0 Å². The summed E-state index contributed by atoms with van der Waals surface area (Å²) in [4.78, 5) is 12.8. The molecule has 1 aliphatic carbocycles. The van der Waals surface area contributed by atoms with Crippen LogP contribution in [0.4, 0.5) is 0 Å². The zero-order valence-electron chi connectivity index (χ0n) is 21.6. The smallest absolute Gasteiger partial charge is 0.152 e. The summed E-state index contributed by atoms with van der Waals surface area (Å²) in [6.07, 6.45) is 16.3. The van der Waals surface area contributed by atoms with Gasteiger partial charge in [0.15, 0.2) is 5.84 Å². The molecule has 0 amide bonds. The summed E-state index contributed by atoms with van der Waals surface area (Å²) < 4.78 is 0. The van der Waals surface area contributed by atoms with Gasteiger partial charge in [-0.3, -0.25) is 15.3 Å². The molecular weight excluding hydrogens is 426 g/mol. The third-order valence-corrected chi connectivity index (χ3v) is 6.57. The first-order valence-corrected chi connectivity index (χ1v) is 12.7. The van der Waals surface area contributed by atoms with Crippen molar-refractivity contribution in [1.29, 1.82) is 0 Å². The molecule has 1 saturated carbocycles. The molecule has 2 rings (SSSR count). The third-order valence-electron chi connectivity index (χ3n) is 6.57. The molecule has 190 valence electrons. The minimum absolute atomic E-state index is 0.207. The van der Waals surface area contributed by atoms with E-state index in [0.717, 1.165) is 41.9 Å². The van der Waals surface area contributed by atoms with Crippen LogP contribution in [0.25, 0.3) is 0 Å². The summed E-state index contributed by atoms with van der Waals surface area (Å²) in [7, 11) is 1.60. The van der Waals surface area contributed by atoms with Gasteiger partial charge in [0.1, 0.15) is 11.6 Å². The number of aliphatic imine (C=N–C) groups is 1. The third kappa shape index (κ3) is 8.69. The summed E-state index contributed by atoms with van der Waals surface area (Å²) in [5.74, 6) is 2.40. The Labute approximate surface area is 206 Å². The molecule has 0 radical (unpaired) electrons. The first-order chi connectivity index (χ1) is 16.6. The molecule has 0 unspecified atom stereocenters. The van der Waals surface area contributed by atoms with E-state index in [1.807, 2.05) is 26.0 Å². The molecular formula is C27H45N5O2. The Morgan fingerprint density at radius 1 is 1.18 bits per heavy atom. The van der Waals surface area contributed by atoms with E-state index in [1.54, 1.807) is 19.3 Å². The van der Waals surface area contributed by atoms with E-state index in [0.29, 0.717) is 12.5 Å². The fourth-order valence-electron chi connectivity index (χ4n) is 4.41. The molecule has 7 heteroatoms. The van der Waals surface area contributed by atoms with Crippen molar-refractivity contribution in [2.24, 2.45) is 10.9 Å². The Kier molecular flexibility index (Phi) is 12.6. The summed E-state index contributed by atoms with van der Waals surface area (Å²) in [6.45, 7) is 13.4. The second-order valence-electron chi connectivity index (χ2n) is 8.87. The van der Waals surface area contributed by atoms with Crippen LogP contribution < -0.4 is 16.1 Å². The number of hydrogen-bond donors (Lipinski definition) is 4. The van der Waals surface area contributed by atoms with Gasteiger partial charge in [-0.25, -0.2) is 0 Å². The second-order valence-corrected chi connectivity index (χ2v) is 8.87. The SMILES string of the molecule is C=C/C=C(O)\C(=C/C)CN/C(=C/CC)NC(=NCC1CCC(N2CCC2)CC1)/C(=C\C)NOC. The lowest BCUT2D eigenvalue weighted by Gasteiger charge is -2.41. The highest BCUT2D eigenvalue weighted by molar-refractivity contribution is 5.98. The molecule has 2 aliphatic rings. The largest absolute Gasteiger partial charge is 0.508 e. The molecule has 1 aliphatic heterocycles. The van der Waals surface area contributed by atoms with E-state index >= 15 is 0 Å². The zero-order valence-corrected chi connectivity index (χ0v) is 21.6. The Hall–Kier alpha value is -2.51. The fraction of sp³-hybridized carbons (Fsp3) is 0.593. The average molecular weight is 472 g/mol. The highest BCUT2D eigenvalue weighted by Crippen LogP contribution is 2.30. The van der Waals surface area contributed by atoms with Crippen LogP contribution in [0.15, 0.2) is 64.8 Å². The molecule has 4 N–H and O–H groups in total. The van der Waals surface area contributed by atoms with Crippen molar-refractivity contribution in [2.75, 3.05) is 33.3 Å². The van der Waals surface area contributed by atoms with Gasteiger partial charge in [-0.1, -0.05) is 31.7 Å². The maximum Gasteiger partial charge on any atom is 0.152 e. The number of amidine groups is 1. The van der Waals surface area contributed by atoms with E-state index < -0.39 is 0 Å². The van der Waals surface area contributed by atoms with Crippen LogP contribution in [-0.2, 0) is 4.84 Å².